The van der Waals surface area contributed by atoms with Crippen LogP contribution in [0.4, 0.5) is 4.39 Å². The van der Waals surface area contributed by atoms with Gasteiger partial charge in [-0.3, -0.25) is 0 Å². The molecule has 0 unspecified atom stereocenters. The van der Waals surface area contributed by atoms with E-state index < -0.39 is 0 Å². The summed E-state index contributed by atoms with van der Waals surface area (Å²) >= 11 is 0. The quantitative estimate of drug-likeness (QED) is 0.190. The van der Waals surface area contributed by atoms with Crippen molar-refractivity contribution in [2.24, 2.45) is 5.92 Å². The van der Waals surface area contributed by atoms with E-state index in [1.807, 2.05) is 30.3 Å². The molecule has 2 rings (SSSR count). The van der Waals surface area contributed by atoms with Gasteiger partial charge in [-0.1, -0.05) is 110 Å². The van der Waals surface area contributed by atoms with Gasteiger partial charge in [-0.2, -0.15) is 0 Å². The summed E-state index contributed by atoms with van der Waals surface area (Å²) in [5, 5.41) is 0. The number of ether oxygens (including phenoxy) is 2. The molecule has 0 N–H and O–H groups in total. The number of hydrogen-bond donors (Lipinski definition) is 0. The zero-order valence-corrected chi connectivity index (χ0v) is 21.9. The van der Waals surface area contributed by atoms with Gasteiger partial charge >= 0.3 is 0 Å². The largest absolute Gasteiger partial charge is 0.494 e. The fourth-order valence-corrected chi connectivity index (χ4v) is 4.12. The van der Waals surface area contributed by atoms with E-state index in [1.54, 1.807) is 12.1 Å². The third-order valence-corrected chi connectivity index (χ3v) is 6.68. The molecule has 190 valence electrons. The standard InChI is InChI=1S/C31H47FO2/c1-4-6-7-8-9-10-11-14-23-33-29-20-17-27(18-21-29)28-19-22-31(30(32)25-28)34-24-15-12-13-16-26(3)5-2/h17-22,25-26H,4-16,23-24H2,1-3H3/t26-/m0/s1. The van der Waals surface area contributed by atoms with Gasteiger partial charge in [-0.25, -0.2) is 4.39 Å². The Balaban J connectivity index is 1.67. The minimum atomic E-state index is -0.299. The third-order valence-electron chi connectivity index (χ3n) is 6.68. The monoisotopic (exact) mass is 470 g/mol. The molecule has 0 fully saturated rings. The van der Waals surface area contributed by atoms with Crippen molar-refractivity contribution < 1.29 is 13.9 Å². The minimum absolute atomic E-state index is 0.299. The number of rotatable bonds is 19. The smallest absolute Gasteiger partial charge is 0.165 e. The maximum absolute atomic E-state index is 14.5. The van der Waals surface area contributed by atoms with Gasteiger partial charge in [0, 0.05) is 0 Å². The molecule has 0 amide bonds. The number of benzene rings is 2. The molecule has 0 aliphatic rings. The molecule has 0 saturated heterocycles. The van der Waals surface area contributed by atoms with E-state index in [0.717, 1.165) is 48.7 Å². The second-order valence-corrected chi connectivity index (χ2v) is 9.70. The Morgan fingerprint density at radius 1 is 0.676 bits per heavy atom. The predicted molar refractivity (Wildman–Crippen MR) is 143 cm³/mol. The van der Waals surface area contributed by atoms with E-state index in [9.17, 15) is 4.39 Å². The van der Waals surface area contributed by atoms with Crippen molar-refractivity contribution in [1.82, 2.24) is 0 Å². The zero-order chi connectivity index (χ0) is 24.4. The van der Waals surface area contributed by atoms with Crippen LogP contribution >= 0.6 is 0 Å². The van der Waals surface area contributed by atoms with E-state index in [-0.39, 0.29) is 5.82 Å². The van der Waals surface area contributed by atoms with Crippen molar-refractivity contribution in [1.29, 1.82) is 0 Å². The van der Waals surface area contributed by atoms with Gasteiger partial charge in [0.15, 0.2) is 11.6 Å². The van der Waals surface area contributed by atoms with Gasteiger partial charge < -0.3 is 9.47 Å². The van der Waals surface area contributed by atoms with E-state index in [0.29, 0.717) is 12.4 Å². The molecule has 2 nitrogen and oxygen atoms in total. The maximum Gasteiger partial charge on any atom is 0.165 e. The minimum Gasteiger partial charge on any atom is -0.494 e. The summed E-state index contributed by atoms with van der Waals surface area (Å²) in [6, 6.07) is 13.2. The molecule has 0 heterocycles. The highest BCUT2D eigenvalue weighted by molar-refractivity contribution is 5.65. The van der Waals surface area contributed by atoms with Crippen molar-refractivity contribution in [3.05, 3.63) is 48.3 Å². The Kier molecular flexibility index (Phi) is 14.4. The van der Waals surface area contributed by atoms with E-state index in [4.69, 9.17) is 9.47 Å². The Bertz CT molecular complexity index is 772. The first-order chi connectivity index (χ1) is 16.6. The third kappa shape index (κ3) is 11.4. The zero-order valence-electron chi connectivity index (χ0n) is 21.9. The van der Waals surface area contributed by atoms with Gasteiger partial charge in [0.1, 0.15) is 5.75 Å². The summed E-state index contributed by atoms with van der Waals surface area (Å²) in [5.41, 5.74) is 1.84. The lowest BCUT2D eigenvalue weighted by Gasteiger charge is -2.11. The molecule has 0 radical (unpaired) electrons. The highest BCUT2D eigenvalue weighted by Gasteiger charge is 2.07. The number of hydrogen-bond acceptors (Lipinski definition) is 2. The second kappa shape index (κ2) is 17.4. The van der Waals surface area contributed by atoms with Gasteiger partial charge in [0.2, 0.25) is 0 Å². The highest BCUT2D eigenvalue weighted by atomic mass is 19.1. The first-order valence-corrected chi connectivity index (χ1v) is 13.8. The molecule has 0 saturated carbocycles. The molecule has 2 aromatic rings. The Labute approximate surface area is 208 Å². The topological polar surface area (TPSA) is 18.5 Å². The predicted octanol–water partition coefficient (Wildman–Crippen LogP) is 10.00. The van der Waals surface area contributed by atoms with Crippen LogP contribution in [0.15, 0.2) is 42.5 Å². The van der Waals surface area contributed by atoms with Crippen LogP contribution in [-0.4, -0.2) is 13.2 Å². The Morgan fingerprint density at radius 2 is 1.26 bits per heavy atom. The Morgan fingerprint density at radius 3 is 1.91 bits per heavy atom. The normalized spacial score (nSPS) is 12.0. The molecule has 34 heavy (non-hydrogen) atoms. The summed E-state index contributed by atoms with van der Waals surface area (Å²) in [6.07, 6.45) is 16.2. The molecule has 0 aliphatic heterocycles. The van der Waals surface area contributed by atoms with Crippen molar-refractivity contribution in [2.45, 2.75) is 104 Å². The van der Waals surface area contributed by atoms with E-state index in [2.05, 4.69) is 20.8 Å². The molecular formula is C31H47FO2. The molecule has 0 spiro atoms. The first kappa shape index (κ1) is 28.2. The lowest BCUT2D eigenvalue weighted by Crippen LogP contribution is -2.00. The maximum atomic E-state index is 14.5. The lowest BCUT2D eigenvalue weighted by atomic mass is 10.0. The van der Waals surface area contributed by atoms with E-state index >= 15 is 0 Å². The van der Waals surface area contributed by atoms with Crippen molar-refractivity contribution in [3.63, 3.8) is 0 Å². The summed E-state index contributed by atoms with van der Waals surface area (Å²) in [4.78, 5) is 0. The molecule has 2 aromatic carbocycles. The van der Waals surface area contributed by atoms with Crippen molar-refractivity contribution in [2.75, 3.05) is 13.2 Å². The average Bonchev–Trinajstić information content (AvgIpc) is 2.86. The van der Waals surface area contributed by atoms with Crippen LogP contribution in [0.1, 0.15) is 104 Å². The molecular weight excluding hydrogens is 423 g/mol. The summed E-state index contributed by atoms with van der Waals surface area (Å²) < 4.78 is 26.1. The lowest BCUT2D eigenvalue weighted by molar-refractivity contribution is 0.288. The fraction of sp³-hybridized carbons (Fsp3) is 0.613. The second-order valence-electron chi connectivity index (χ2n) is 9.70. The molecule has 0 bridgehead atoms. The molecule has 0 aromatic heterocycles. The van der Waals surface area contributed by atoms with Gasteiger partial charge in [0.05, 0.1) is 13.2 Å². The molecule has 1 atom stereocenters. The average molecular weight is 471 g/mol. The summed E-state index contributed by atoms with van der Waals surface area (Å²) in [7, 11) is 0. The van der Waals surface area contributed by atoms with Gasteiger partial charge in [-0.15, -0.1) is 0 Å². The number of unbranched alkanes of at least 4 members (excludes halogenated alkanes) is 9. The summed E-state index contributed by atoms with van der Waals surface area (Å²) in [6.45, 7) is 8.12. The Hall–Kier alpha value is -2.03. The van der Waals surface area contributed by atoms with Crippen LogP contribution in [0.2, 0.25) is 0 Å². The summed E-state index contributed by atoms with van der Waals surface area (Å²) in [5.74, 6) is 1.71. The van der Waals surface area contributed by atoms with E-state index in [1.165, 1.54) is 64.2 Å². The van der Waals surface area contributed by atoms with Crippen LogP contribution in [0.5, 0.6) is 11.5 Å². The molecule has 3 heteroatoms. The molecule has 0 aliphatic carbocycles. The van der Waals surface area contributed by atoms with Crippen LogP contribution in [0.25, 0.3) is 11.1 Å². The fourth-order valence-electron chi connectivity index (χ4n) is 4.12. The van der Waals surface area contributed by atoms with Gasteiger partial charge in [0.25, 0.3) is 0 Å². The SMILES string of the molecule is CCCCCCCCCCOc1ccc(-c2ccc(OCCCCC[C@@H](C)CC)c(F)c2)cc1. The van der Waals surface area contributed by atoms with Gasteiger partial charge in [-0.05, 0) is 54.2 Å². The van der Waals surface area contributed by atoms with Crippen LogP contribution < -0.4 is 9.47 Å². The van der Waals surface area contributed by atoms with Crippen molar-refractivity contribution in [3.8, 4) is 22.6 Å². The van der Waals surface area contributed by atoms with Crippen molar-refractivity contribution >= 4 is 0 Å². The highest BCUT2D eigenvalue weighted by Crippen LogP contribution is 2.27. The van der Waals surface area contributed by atoms with Crippen LogP contribution in [-0.2, 0) is 0 Å². The van der Waals surface area contributed by atoms with Crippen LogP contribution in [0, 0.1) is 11.7 Å². The van der Waals surface area contributed by atoms with Crippen LogP contribution in [0.3, 0.4) is 0 Å². The first-order valence-electron chi connectivity index (χ1n) is 13.8. The number of halogens is 1.